The second-order valence-electron chi connectivity index (χ2n) is 7.37. The van der Waals surface area contributed by atoms with Crippen LogP contribution in [0.3, 0.4) is 0 Å². The zero-order chi connectivity index (χ0) is 24.1. The van der Waals surface area contributed by atoms with Crippen LogP contribution in [0.4, 0.5) is 10.5 Å². The molecule has 0 spiro atoms. The third-order valence-electron chi connectivity index (χ3n) is 5.01. The number of amidine groups is 1. The van der Waals surface area contributed by atoms with Crippen LogP contribution in [0.5, 0.6) is 5.75 Å². The molecule has 0 bridgehead atoms. The van der Waals surface area contributed by atoms with Crippen molar-refractivity contribution >= 4 is 44.9 Å². The summed E-state index contributed by atoms with van der Waals surface area (Å²) < 4.78 is 12.7. The van der Waals surface area contributed by atoms with Gasteiger partial charge in [-0.2, -0.15) is 0 Å². The number of carbonyl (C=O) groups is 2. The summed E-state index contributed by atoms with van der Waals surface area (Å²) in [5.41, 5.74) is 12.5. The molecular weight excluding hydrogens is 452 g/mol. The number of benzene rings is 3. The molecule has 1 atom stereocenters. The Bertz CT molecular complexity index is 1340. The summed E-state index contributed by atoms with van der Waals surface area (Å²) in [5, 5.41) is 11.2. The summed E-state index contributed by atoms with van der Waals surface area (Å²) in [6.45, 7) is -0.0463. The molecule has 0 aliphatic carbocycles. The topological polar surface area (TPSA) is 141 Å². The number of nitrogens with two attached hydrogens (primary N) is 2. The first-order valence-electron chi connectivity index (χ1n) is 10.3. The Morgan fingerprint density at radius 3 is 2.38 bits per heavy atom. The lowest BCUT2D eigenvalue weighted by atomic mass is 10.1. The van der Waals surface area contributed by atoms with E-state index in [1.54, 1.807) is 12.1 Å². The van der Waals surface area contributed by atoms with Crippen LogP contribution in [-0.2, 0) is 4.74 Å². The number of nitrogens with one attached hydrogen (secondary N) is 2. The monoisotopic (exact) mass is 474 g/mol. The Balaban J connectivity index is 1.50. The second-order valence-corrected chi connectivity index (χ2v) is 8.46. The van der Waals surface area contributed by atoms with Gasteiger partial charge in [0.25, 0.3) is 0 Å². The minimum atomic E-state index is -0.663. The molecule has 1 aromatic heterocycles. The zero-order valence-electron chi connectivity index (χ0n) is 18.0. The summed E-state index contributed by atoms with van der Waals surface area (Å²) >= 11 is 1.41. The molecule has 1 unspecified atom stereocenters. The molecule has 4 aromatic rings. The van der Waals surface area contributed by atoms with Crippen molar-refractivity contribution < 1.29 is 19.1 Å². The summed E-state index contributed by atoms with van der Waals surface area (Å²) in [6, 6.07) is 23.1. The highest BCUT2D eigenvalue weighted by molar-refractivity contribution is 7.20. The number of nitrogen functional groups attached to an aromatic ring is 1. The number of amides is 2. The van der Waals surface area contributed by atoms with E-state index in [4.69, 9.17) is 26.4 Å². The molecule has 0 aliphatic rings. The lowest BCUT2D eigenvalue weighted by Crippen LogP contribution is -2.21. The number of thiophene rings is 1. The minimum absolute atomic E-state index is 0.00405. The summed E-state index contributed by atoms with van der Waals surface area (Å²) in [5.74, 6) is 0.0461. The molecular formula is C25H22N4O4S. The van der Waals surface area contributed by atoms with Crippen molar-refractivity contribution in [1.82, 2.24) is 0 Å². The van der Waals surface area contributed by atoms with Crippen molar-refractivity contribution in [2.24, 2.45) is 11.5 Å². The van der Waals surface area contributed by atoms with Crippen LogP contribution < -0.4 is 21.5 Å². The SMILES string of the molecule is N=C(N)c1cc2c(OC(COC(=O)Nc3ccc(C(N)=O)cc3)c3ccccc3)cccc2s1. The van der Waals surface area contributed by atoms with Gasteiger partial charge in [-0.05, 0) is 48.0 Å². The standard InChI is InChI=1S/C25H22N4O4S/c26-23(27)22-13-18-19(7-4-8-21(18)34-22)33-20(15-5-2-1-3-6-15)14-32-25(31)29-17-11-9-16(10-12-17)24(28)30/h1-13,20H,14H2,(H3,26,27)(H2,28,30)(H,29,31). The summed E-state index contributed by atoms with van der Waals surface area (Å²) in [6.07, 6.45) is -1.24. The zero-order valence-corrected chi connectivity index (χ0v) is 18.8. The predicted molar refractivity (Wildman–Crippen MR) is 133 cm³/mol. The van der Waals surface area contributed by atoms with Gasteiger partial charge in [0.15, 0.2) is 6.10 Å². The third kappa shape index (κ3) is 5.33. The van der Waals surface area contributed by atoms with E-state index in [-0.39, 0.29) is 12.4 Å². The number of anilines is 1. The van der Waals surface area contributed by atoms with Gasteiger partial charge in [-0.1, -0.05) is 36.4 Å². The fraction of sp³-hybridized carbons (Fsp3) is 0.0800. The highest BCUT2D eigenvalue weighted by Gasteiger charge is 2.19. The molecule has 0 radical (unpaired) electrons. The van der Waals surface area contributed by atoms with Crippen LogP contribution in [0.25, 0.3) is 10.1 Å². The van der Waals surface area contributed by atoms with E-state index in [0.717, 1.165) is 15.6 Å². The van der Waals surface area contributed by atoms with Gasteiger partial charge in [-0.25, -0.2) is 4.79 Å². The van der Waals surface area contributed by atoms with Crippen LogP contribution in [-0.4, -0.2) is 24.4 Å². The molecule has 0 fully saturated rings. The maximum atomic E-state index is 12.4. The molecule has 6 N–H and O–H groups in total. The number of primary amides is 1. The fourth-order valence-electron chi connectivity index (χ4n) is 3.31. The average Bonchev–Trinajstić information content (AvgIpc) is 3.28. The number of ether oxygens (including phenoxy) is 2. The molecule has 1 heterocycles. The molecule has 9 heteroatoms. The average molecular weight is 475 g/mol. The number of fused-ring (bicyclic) bond motifs is 1. The smallest absolute Gasteiger partial charge is 0.411 e. The molecule has 3 aromatic carbocycles. The third-order valence-corrected chi connectivity index (χ3v) is 6.14. The van der Waals surface area contributed by atoms with Gasteiger partial charge in [0.05, 0.1) is 4.88 Å². The van der Waals surface area contributed by atoms with E-state index in [2.05, 4.69) is 5.32 Å². The highest BCUT2D eigenvalue weighted by Crippen LogP contribution is 2.35. The van der Waals surface area contributed by atoms with Crippen LogP contribution in [0.15, 0.2) is 78.9 Å². The van der Waals surface area contributed by atoms with E-state index >= 15 is 0 Å². The maximum absolute atomic E-state index is 12.4. The number of hydrogen-bond acceptors (Lipinski definition) is 6. The van der Waals surface area contributed by atoms with Gasteiger partial charge >= 0.3 is 6.09 Å². The molecule has 34 heavy (non-hydrogen) atoms. The number of rotatable bonds is 8. The van der Waals surface area contributed by atoms with Crippen molar-refractivity contribution in [2.45, 2.75) is 6.10 Å². The van der Waals surface area contributed by atoms with E-state index < -0.39 is 18.1 Å². The van der Waals surface area contributed by atoms with Crippen LogP contribution in [0, 0.1) is 5.41 Å². The molecule has 172 valence electrons. The molecule has 2 amide bonds. The van der Waals surface area contributed by atoms with Gasteiger partial charge in [0.1, 0.15) is 18.2 Å². The van der Waals surface area contributed by atoms with E-state index in [0.29, 0.717) is 21.9 Å². The van der Waals surface area contributed by atoms with Crippen LogP contribution in [0.2, 0.25) is 0 Å². The van der Waals surface area contributed by atoms with E-state index in [1.165, 1.54) is 23.5 Å². The van der Waals surface area contributed by atoms with Crippen molar-refractivity contribution in [3.63, 3.8) is 0 Å². The summed E-state index contributed by atoms with van der Waals surface area (Å²) in [4.78, 5) is 24.2. The Morgan fingerprint density at radius 1 is 0.971 bits per heavy atom. The molecule has 0 aliphatic heterocycles. The predicted octanol–water partition coefficient (Wildman–Crippen LogP) is 4.65. The normalized spacial score (nSPS) is 11.5. The summed E-state index contributed by atoms with van der Waals surface area (Å²) in [7, 11) is 0. The van der Waals surface area contributed by atoms with Gasteiger partial charge in [-0.15, -0.1) is 11.3 Å². The quantitative estimate of drug-likeness (QED) is 0.217. The van der Waals surface area contributed by atoms with Crippen molar-refractivity contribution in [3.05, 3.63) is 94.9 Å². The largest absolute Gasteiger partial charge is 0.481 e. The van der Waals surface area contributed by atoms with E-state index in [9.17, 15) is 9.59 Å². The highest BCUT2D eigenvalue weighted by atomic mass is 32.1. The molecule has 0 saturated heterocycles. The van der Waals surface area contributed by atoms with Crippen molar-refractivity contribution in [3.8, 4) is 5.75 Å². The molecule has 8 nitrogen and oxygen atoms in total. The molecule has 4 rings (SSSR count). The first kappa shape index (κ1) is 22.8. The first-order valence-corrected chi connectivity index (χ1v) is 11.1. The van der Waals surface area contributed by atoms with Crippen molar-refractivity contribution in [1.29, 1.82) is 5.41 Å². The second kappa shape index (κ2) is 10.1. The first-order chi connectivity index (χ1) is 16.4. The van der Waals surface area contributed by atoms with Gasteiger partial charge < -0.3 is 20.9 Å². The number of carbonyl (C=O) groups excluding carboxylic acids is 2. The Morgan fingerprint density at radius 2 is 1.71 bits per heavy atom. The van der Waals surface area contributed by atoms with Crippen molar-refractivity contribution in [2.75, 3.05) is 11.9 Å². The molecule has 0 saturated carbocycles. The van der Waals surface area contributed by atoms with E-state index in [1.807, 2.05) is 54.6 Å². The minimum Gasteiger partial charge on any atom is -0.481 e. The Hall–Kier alpha value is -4.37. The lowest BCUT2D eigenvalue weighted by Gasteiger charge is -2.20. The van der Waals surface area contributed by atoms with Gasteiger partial charge in [0, 0.05) is 21.3 Å². The Labute approximate surface area is 199 Å². The fourth-order valence-corrected chi connectivity index (χ4v) is 4.25. The number of hydrogen-bond donors (Lipinski definition) is 4. The van der Waals surface area contributed by atoms with Gasteiger partial charge in [0.2, 0.25) is 5.91 Å². The van der Waals surface area contributed by atoms with Gasteiger partial charge in [-0.3, -0.25) is 15.5 Å². The maximum Gasteiger partial charge on any atom is 0.411 e. The van der Waals surface area contributed by atoms with Crippen LogP contribution in [0.1, 0.15) is 26.9 Å². The lowest BCUT2D eigenvalue weighted by molar-refractivity contribution is 0.0910. The van der Waals surface area contributed by atoms with Crippen LogP contribution >= 0.6 is 11.3 Å². The Kier molecular flexibility index (Phi) is 6.74.